The van der Waals surface area contributed by atoms with E-state index in [0.29, 0.717) is 28.5 Å². The second-order valence-corrected chi connectivity index (χ2v) is 7.27. The Bertz CT molecular complexity index is 933. The van der Waals surface area contributed by atoms with Gasteiger partial charge in [0.2, 0.25) is 0 Å². The third-order valence-electron chi connectivity index (χ3n) is 4.21. The van der Waals surface area contributed by atoms with Gasteiger partial charge in [-0.25, -0.2) is 0 Å². The van der Waals surface area contributed by atoms with Gasteiger partial charge in [0.1, 0.15) is 17.3 Å². The maximum absolute atomic E-state index is 10.6. The van der Waals surface area contributed by atoms with Gasteiger partial charge in [0.05, 0.1) is 20.3 Å². The highest BCUT2D eigenvalue weighted by Crippen LogP contribution is 2.29. The fourth-order valence-electron chi connectivity index (χ4n) is 2.76. The number of nitrogens with zero attached hydrogens (tertiary/aromatic N) is 4. The van der Waals surface area contributed by atoms with Gasteiger partial charge in [-0.2, -0.15) is 4.52 Å². The van der Waals surface area contributed by atoms with Gasteiger partial charge in [-0.1, -0.05) is 20.8 Å². The number of aliphatic hydroxyl groups is 1. The number of anilines is 1. The molecule has 0 fully saturated rings. The number of nitrogens with one attached hydrogen (secondary N) is 1. The summed E-state index contributed by atoms with van der Waals surface area (Å²) in [5, 5.41) is 26.7. The molecule has 3 rings (SSSR count). The molecule has 0 saturated carbocycles. The number of benzene rings is 1. The van der Waals surface area contributed by atoms with Crippen LogP contribution in [0.15, 0.2) is 30.3 Å². The first-order valence-corrected chi connectivity index (χ1v) is 8.70. The van der Waals surface area contributed by atoms with Gasteiger partial charge in [0, 0.05) is 17.5 Å². The molecule has 0 aliphatic carbocycles. The molecule has 1 atom stereocenters. The molecule has 27 heavy (non-hydrogen) atoms. The van der Waals surface area contributed by atoms with E-state index in [1.54, 1.807) is 36.9 Å². The van der Waals surface area contributed by atoms with E-state index in [4.69, 9.17) is 9.47 Å². The largest absolute Gasteiger partial charge is 0.497 e. The number of hydrogen-bond donors (Lipinski definition) is 2. The van der Waals surface area contributed by atoms with E-state index in [9.17, 15) is 5.11 Å². The van der Waals surface area contributed by atoms with Crippen molar-refractivity contribution in [1.29, 1.82) is 0 Å². The van der Waals surface area contributed by atoms with Crippen LogP contribution in [0.4, 0.5) is 5.82 Å². The Labute approximate surface area is 158 Å². The molecule has 8 nitrogen and oxygen atoms in total. The Morgan fingerprint density at radius 2 is 1.89 bits per heavy atom. The summed E-state index contributed by atoms with van der Waals surface area (Å²) in [6, 6.07) is 8.98. The number of methoxy groups -OCH3 is 2. The summed E-state index contributed by atoms with van der Waals surface area (Å²) in [5.74, 6) is 2.65. The predicted molar refractivity (Wildman–Crippen MR) is 102 cm³/mol. The summed E-state index contributed by atoms with van der Waals surface area (Å²) in [6.45, 7) is 6.44. The first-order valence-electron chi connectivity index (χ1n) is 8.70. The number of rotatable bonds is 6. The summed E-state index contributed by atoms with van der Waals surface area (Å²) >= 11 is 0. The SMILES string of the molecule is COc1ccc(OC)c(C(O)CNc2ccc3nnc(C(C)(C)C)n3n2)c1. The predicted octanol–water partition coefficient (Wildman–Crippen LogP) is 2.58. The van der Waals surface area contributed by atoms with Crippen LogP contribution in [-0.4, -0.2) is 45.7 Å². The van der Waals surface area contributed by atoms with E-state index in [2.05, 4.69) is 41.4 Å². The Morgan fingerprint density at radius 1 is 1.11 bits per heavy atom. The summed E-state index contributed by atoms with van der Waals surface area (Å²) in [7, 11) is 3.16. The molecule has 0 amide bonds. The van der Waals surface area contributed by atoms with Crippen LogP contribution < -0.4 is 14.8 Å². The quantitative estimate of drug-likeness (QED) is 0.688. The zero-order chi connectivity index (χ0) is 19.6. The van der Waals surface area contributed by atoms with Crippen molar-refractivity contribution < 1.29 is 14.6 Å². The fourth-order valence-corrected chi connectivity index (χ4v) is 2.76. The summed E-state index contributed by atoms with van der Waals surface area (Å²) in [5.41, 5.74) is 1.14. The van der Waals surface area contributed by atoms with Crippen molar-refractivity contribution in [3.63, 3.8) is 0 Å². The second-order valence-electron chi connectivity index (χ2n) is 7.27. The first-order chi connectivity index (χ1) is 12.8. The van der Waals surface area contributed by atoms with Gasteiger partial charge in [-0.3, -0.25) is 0 Å². The normalized spacial score (nSPS) is 12.8. The van der Waals surface area contributed by atoms with E-state index >= 15 is 0 Å². The minimum absolute atomic E-state index is 0.182. The van der Waals surface area contributed by atoms with Gasteiger partial charge in [0.15, 0.2) is 11.5 Å². The minimum atomic E-state index is -0.796. The molecular formula is C19H25N5O3. The van der Waals surface area contributed by atoms with E-state index < -0.39 is 6.10 Å². The minimum Gasteiger partial charge on any atom is -0.497 e. The van der Waals surface area contributed by atoms with Gasteiger partial charge in [0.25, 0.3) is 0 Å². The lowest BCUT2D eigenvalue weighted by molar-refractivity contribution is 0.186. The lowest BCUT2D eigenvalue weighted by Gasteiger charge is -2.17. The van der Waals surface area contributed by atoms with Crippen molar-refractivity contribution >= 4 is 11.5 Å². The van der Waals surface area contributed by atoms with Crippen molar-refractivity contribution in [1.82, 2.24) is 19.8 Å². The average molecular weight is 371 g/mol. The fraction of sp³-hybridized carbons (Fsp3) is 0.421. The number of fused-ring (bicyclic) bond motifs is 1. The van der Waals surface area contributed by atoms with Gasteiger partial charge < -0.3 is 19.9 Å². The standard InChI is InChI=1S/C19H25N5O3/c1-19(2,3)18-22-21-17-9-8-16(23-24(17)18)20-11-14(25)13-10-12(26-4)6-7-15(13)27-5/h6-10,14,25H,11H2,1-5H3,(H,20,23). The average Bonchev–Trinajstić information content (AvgIpc) is 3.09. The van der Waals surface area contributed by atoms with E-state index in [1.807, 2.05) is 12.1 Å². The molecule has 144 valence electrons. The van der Waals surface area contributed by atoms with Crippen LogP contribution in [0, 0.1) is 0 Å². The molecule has 2 N–H and O–H groups in total. The molecule has 2 heterocycles. The lowest BCUT2D eigenvalue weighted by Crippen LogP contribution is -2.18. The molecule has 3 aromatic rings. The topological polar surface area (TPSA) is 93.8 Å². The summed E-state index contributed by atoms with van der Waals surface area (Å²) in [4.78, 5) is 0. The monoisotopic (exact) mass is 371 g/mol. The van der Waals surface area contributed by atoms with Crippen molar-refractivity contribution in [2.45, 2.75) is 32.3 Å². The number of hydrogen-bond acceptors (Lipinski definition) is 7. The first kappa shape index (κ1) is 18.9. The smallest absolute Gasteiger partial charge is 0.178 e. The Hall–Kier alpha value is -2.87. The van der Waals surface area contributed by atoms with E-state index in [0.717, 1.165) is 5.82 Å². The highest BCUT2D eigenvalue weighted by Gasteiger charge is 2.22. The third kappa shape index (κ3) is 3.95. The molecule has 0 aliphatic heterocycles. The van der Waals surface area contributed by atoms with Gasteiger partial charge >= 0.3 is 0 Å². The highest BCUT2D eigenvalue weighted by atomic mass is 16.5. The molecule has 2 aromatic heterocycles. The van der Waals surface area contributed by atoms with Crippen molar-refractivity contribution in [3.05, 3.63) is 41.7 Å². The zero-order valence-corrected chi connectivity index (χ0v) is 16.2. The van der Waals surface area contributed by atoms with Crippen LogP contribution >= 0.6 is 0 Å². The molecule has 8 heteroatoms. The van der Waals surface area contributed by atoms with Crippen LogP contribution in [0.1, 0.15) is 38.3 Å². The molecular weight excluding hydrogens is 346 g/mol. The molecule has 0 radical (unpaired) electrons. The van der Waals surface area contributed by atoms with Crippen molar-refractivity contribution in [2.24, 2.45) is 0 Å². The van der Waals surface area contributed by atoms with E-state index in [1.165, 1.54) is 0 Å². The van der Waals surface area contributed by atoms with Crippen LogP contribution in [-0.2, 0) is 5.41 Å². The summed E-state index contributed by atoms with van der Waals surface area (Å²) in [6.07, 6.45) is -0.796. The van der Waals surface area contributed by atoms with Crippen LogP contribution in [0.3, 0.4) is 0 Å². The molecule has 0 aliphatic rings. The van der Waals surface area contributed by atoms with Gasteiger partial charge in [-0.15, -0.1) is 15.3 Å². The molecule has 1 unspecified atom stereocenters. The molecule has 0 saturated heterocycles. The van der Waals surface area contributed by atoms with Crippen LogP contribution in [0.25, 0.3) is 5.65 Å². The van der Waals surface area contributed by atoms with Crippen LogP contribution in [0.2, 0.25) is 0 Å². The third-order valence-corrected chi connectivity index (χ3v) is 4.21. The molecule has 1 aromatic carbocycles. The van der Waals surface area contributed by atoms with Crippen molar-refractivity contribution in [3.8, 4) is 11.5 Å². The van der Waals surface area contributed by atoms with Gasteiger partial charge in [-0.05, 0) is 30.3 Å². The number of aromatic nitrogens is 4. The maximum Gasteiger partial charge on any atom is 0.178 e. The Morgan fingerprint density at radius 3 is 2.56 bits per heavy atom. The van der Waals surface area contributed by atoms with E-state index in [-0.39, 0.29) is 12.0 Å². The molecule has 0 bridgehead atoms. The van der Waals surface area contributed by atoms with Crippen molar-refractivity contribution in [2.75, 3.05) is 26.1 Å². The molecule has 0 spiro atoms. The maximum atomic E-state index is 10.6. The lowest BCUT2D eigenvalue weighted by atomic mass is 9.96. The second kappa shape index (κ2) is 7.40. The number of aliphatic hydroxyl groups excluding tert-OH is 1. The number of ether oxygens (including phenoxy) is 2. The Kier molecular flexibility index (Phi) is 5.18. The summed E-state index contributed by atoms with van der Waals surface area (Å²) < 4.78 is 12.3. The van der Waals surface area contributed by atoms with Crippen LogP contribution in [0.5, 0.6) is 11.5 Å². The zero-order valence-electron chi connectivity index (χ0n) is 16.2. The Balaban J connectivity index is 1.80. The highest BCUT2D eigenvalue weighted by molar-refractivity contribution is 5.46.